The Bertz CT molecular complexity index is 584. The number of allylic oxidation sites excluding steroid dienone is 2. The predicted molar refractivity (Wildman–Crippen MR) is 64.1 cm³/mol. The molecule has 1 fully saturated rings. The van der Waals surface area contributed by atoms with Crippen LogP contribution in [0.15, 0.2) is 58.4 Å². The van der Waals surface area contributed by atoms with Gasteiger partial charge in [-0.05, 0) is 24.6 Å². The van der Waals surface area contributed by atoms with Crippen molar-refractivity contribution in [2.45, 2.75) is 23.5 Å². The van der Waals surface area contributed by atoms with Crippen LogP contribution in [0.1, 0.15) is 6.42 Å². The zero-order valence-corrected chi connectivity index (χ0v) is 9.93. The molecule has 3 rings (SSSR count). The molecule has 0 bridgehead atoms. The van der Waals surface area contributed by atoms with E-state index in [9.17, 15) is 8.42 Å². The monoisotopic (exact) mass is 248 g/mol. The van der Waals surface area contributed by atoms with Crippen LogP contribution in [-0.2, 0) is 14.6 Å². The minimum Gasteiger partial charge on any atom is -0.363 e. The summed E-state index contributed by atoms with van der Waals surface area (Å²) in [7, 11) is -3.41. The summed E-state index contributed by atoms with van der Waals surface area (Å²) in [6, 6.07) is 8.48. The Balaban J connectivity index is 2.04. The summed E-state index contributed by atoms with van der Waals surface area (Å²) >= 11 is 0. The third kappa shape index (κ3) is 1.83. The molecule has 1 aromatic carbocycles. The molecule has 0 radical (unpaired) electrons. The van der Waals surface area contributed by atoms with Gasteiger partial charge in [-0.25, -0.2) is 8.42 Å². The molecule has 0 saturated carbocycles. The summed E-state index contributed by atoms with van der Waals surface area (Å²) < 4.78 is 30.2. The van der Waals surface area contributed by atoms with E-state index < -0.39 is 9.84 Å². The molecule has 2 unspecified atom stereocenters. The molecule has 2 aliphatic rings. The van der Waals surface area contributed by atoms with E-state index in [1.807, 2.05) is 6.08 Å². The van der Waals surface area contributed by atoms with Crippen LogP contribution >= 0.6 is 0 Å². The molecule has 1 aliphatic heterocycles. The standard InChI is InChI=1S/C13H12O3S/c14-17(15,10-6-2-1-3-7-10)12-9-5-4-8-11-13(12)16-11/h1-7,9,11,13H,8H2. The molecule has 0 N–H and O–H groups in total. The van der Waals surface area contributed by atoms with E-state index >= 15 is 0 Å². The molecule has 1 saturated heterocycles. The molecule has 88 valence electrons. The zero-order chi connectivity index (χ0) is 11.9. The van der Waals surface area contributed by atoms with Gasteiger partial charge < -0.3 is 4.74 Å². The Morgan fingerprint density at radius 2 is 1.94 bits per heavy atom. The first-order valence-corrected chi connectivity index (χ1v) is 7.00. The van der Waals surface area contributed by atoms with E-state index in [-0.39, 0.29) is 12.2 Å². The van der Waals surface area contributed by atoms with Crippen molar-refractivity contribution in [3.63, 3.8) is 0 Å². The van der Waals surface area contributed by atoms with Gasteiger partial charge in [0.1, 0.15) is 6.10 Å². The minimum atomic E-state index is -3.41. The molecule has 1 heterocycles. The molecule has 0 aromatic heterocycles. The predicted octanol–water partition coefficient (Wildman–Crippen LogP) is 2.07. The molecule has 0 amide bonds. The fraction of sp³-hybridized carbons (Fsp3) is 0.231. The SMILES string of the molecule is O=S(=O)(C1=CC=CCC2OC12)c1ccccc1. The van der Waals surface area contributed by atoms with Crippen LogP contribution < -0.4 is 0 Å². The number of hydrogen-bond donors (Lipinski definition) is 0. The maximum absolute atomic E-state index is 12.4. The highest BCUT2D eigenvalue weighted by molar-refractivity contribution is 7.95. The summed E-state index contributed by atoms with van der Waals surface area (Å²) in [5.41, 5.74) is 0. The third-order valence-corrected chi connectivity index (χ3v) is 4.87. The summed E-state index contributed by atoms with van der Waals surface area (Å²) in [6.45, 7) is 0. The second-order valence-electron chi connectivity index (χ2n) is 4.14. The van der Waals surface area contributed by atoms with Crippen LogP contribution in [0, 0.1) is 0 Å². The first-order valence-electron chi connectivity index (χ1n) is 5.52. The first kappa shape index (κ1) is 10.7. The molecular weight excluding hydrogens is 236 g/mol. The molecule has 0 spiro atoms. The number of hydrogen-bond acceptors (Lipinski definition) is 3. The zero-order valence-electron chi connectivity index (χ0n) is 9.11. The molecule has 1 aromatic rings. The van der Waals surface area contributed by atoms with E-state index in [1.54, 1.807) is 42.5 Å². The van der Waals surface area contributed by atoms with Crippen LogP contribution in [0.5, 0.6) is 0 Å². The number of sulfone groups is 1. The maximum Gasteiger partial charge on any atom is 0.205 e. The largest absolute Gasteiger partial charge is 0.363 e. The van der Waals surface area contributed by atoms with Gasteiger partial charge in [0, 0.05) is 0 Å². The Labute approximate surface area is 100 Å². The van der Waals surface area contributed by atoms with Crippen LogP contribution in [0.25, 0.3) is 0 Å². The summed E-state index contributed by atoms with van der Waals surface area (Å²) in [5, 5.41) is 0. The Kier molecular flexibility index (Phi) is 2.42. The average Bonchev–Trinajstić information content (AvgIpc) is 3.08. The fourth-order valence-electron chi connectivity index (χ4n) is 2.02. The van der Waals surface area contributed by atoms with Gasteiger partial charge in [0.25, 0.3) is 0 Å². The lowest BCUT2D eigenvalue weighted by Gasteiger charge is -2.05. The summed E-state index contributed by atoms with van der Waals surface area (Å²) in [6.07, 6.45) is 5.96. The van der Waals surface area contributed by atoms with Crippen molar-refractivity contribution in [1.82, 2.24) is 0 Å². The lowest BCUT2D eigenvalue weighted by atomic mass is 10.2. The number of epoxide rings is 1. The van der Waals surface area contributed by atoms with Crippen LogP contribution in [-0.4, -0.2) is 20.6 Å². The molecule has 2 atom stereocenters. The van der Waals surface area contributed by atoms with Gasteiger partial charge in [-0.15, -0.1) is 0 Å². The van der Waals surface area contributed by atoms with Gasteiger partial charge in [0.05, 0.1) is 15.9 Å². The van der Waals surface area contributed by atoms with Crippen molar-refractivity contribution in [1.29, 1.82) is 0 Å². The van der Waals surface area contributed by atoms with Gasteiger partial charge in [-0.1, -0.05) is 30.4 Å². The topological polar surface area (TPSA) is 46.7 Å². The quantitative estimate of drug-likeness (QED) is 0.753. The van der Waals surface area contributed by atoms with Crippen molar-refractivity contribution in [3.05, 3.63) is 53.5 Å². The third-order valence-electron chi connectivity index (χ3n) is 2.99. The van der Waals surface area contributed by atoms with Crippen LogP contribution in [0.2, 0.25) is 0 Å². The van der Waals surface area contributed by atoms with Crippen molar-refractivity contribution in [2.75, 3.05) is 0 Å². The Morgan fingerprint density at radius 3 is 2.71 bits per heavy atom. The van der Waals surface area contributed by atoms with Crippen LogP contribution in [0.4, 0.5) is 0 Å². The molecule has 1 aliphatic carbocycles. The highest BCUT2D eigenvalue weighted by Gasteiger charge is 2.46. The summed E-state index contributed by atoms with van der Waals surface area (Å²) in [5.74, 6) is 0. The van der Waals surface area contributed by atoms with E-state index in [1.165, 1.54) is 0 Å². The molecule has 4 heteroatoms. The number of ether oxygens (including phenoxy) is 1. The van der Waals surface area contributed by atoms with Crippen molar-refractivity contribution in [2.24, 2.45) is 0 Å². The minimum absolute atomic E-state index is 0.0403. The van der Waals surface area contributed by atoms with E-state index in [2.05, 4.69) is 0 Å². The lowest BCUT2D eigenvalue weighted by Crippen LogP contribution is -2.10. The van der Waals surface area contributed by atoms with E-state index in [0.717, 1.165) is 6.42 Å². The Hall–Kier alpha value is -1.39. The maximum atomic E-state index is 12.4. The highest BCUT2D eigenvalue weighted by Crippen LogP contribution is 2.38. The smallest absolute Gasteiger partial charge is 0.205 e. The second kappa shape index (κ2) is 3.82. The van der Waals surface area contributed by atoms with Crippen molar-refractivity contribution >= 4 is 9.84 Å². The highest BCUT2D eigenvalue weighted by atomic mass is 32.2. The number of benzene rings is 1. The lowest BCUT2D eigenvalue weighted by molar-refractivity contribution is 0.387. The molecule has 3 nitrogen and oxygen atoms in total. The number of fused-ring (bicyclic) bond motifs is 1. The fourth-order valence-corrected chi connectivity index (χ4v) is 3.58. The van der Waals surface area contributed by atoms with Crippen molar-refractivity contribution in [3.8, 4) is 0 Å². The first-order chi connectivity index (χ1) is 8.19. The van der Waals surface area contributed by atoms with Crippen LogP contribution in [0.3, 0.4) is 0 Å². The number of rotatable bonds is 2. The van der Waals surface area contributed by atoms with E-state index in [0.29, 0.717) is 9.80 Å². The van der Waals surface area contributed by atoms with Gasteiger partial charge in [0.15, 0.2) is 0 Å². The van der Waals surface area contributed by atoms with Gasteiger partial charge in [-0.2, -0.15) is 0 Å². The second-order valence-corrected chi connectivity index (χ2v) is 6.09. The normalized spacial score (nSPS) is 26.9. The summed E-state index contributed by atoms with van der Waals surface area (Å²) in [4.78, 5) is 0.707. The average molecular weight is 248 g/mol. The van der Waals surface area contributed by atoms with Gasteiger partial charge in [0.2, 0.25) is 9.84 Å². The Morgan fingerprint density at radius 1 is 1.18 bits per heavy atom. The van der Waals surface area contributed by atoms with Crippen molar-refractivity contribution < 1.29 is 13.2 Å². The molecule has 17 heavy (non-hydrogen) atoms. The molecular formula is C13H12O3S. The van der Waals surface area contributed by atoms with E-state index in [4.69, 9.17) is 4.74 Å². The van der Waals surface area contributed by atoms with Gasteiger partial charge >= 0.3 is 0 Å². The van der Waals surface area contributed by atoms with Gasteiger partial charge in [-0.3, -0.25) is 0 Å².